The van der Waals surface area contributed by atoms with Crippen LogP contribution in [-0.2, 0) is 23.7 Å². The second-order valence-corrected chi connectivity index (χ2v) is 7.93. The van der Waals surface area contributed by atoms with Crippen molar-refractivity contribution in [3.8, 4) is 0 Å². The first-order chi connectivity index (χ1) is 15.1. The van der Waals surface area contributed by atoms with Crippen molar-refractivity contribution >= 4 is 0 Å². The van der Waals surface area contributed by atoms with E-state index >= 15 is 0 Å². The van der Waals surface area contributed by atoms with Crippen molar-refractivity contribution in [2.75, 3.05) is 19.8 Å². The normalized spacial score (nSPS) is 52.7. The quantitative estimate of drug-likeness (QED) is 0.172. The molecule has 10 N–H and O–H groups in total. The lowest BCUT2D eigenvalue weighted by Gasteiger charge is -2.44. The fourth-order valence-corrected chi connectivity index (χ4v) is 3.67. The molecule has 0 spiro atoms. The molecule has 32 heavy (non-hydrogen) atoms. The van der Waals surface area contributed by atoms with Gasteiger partial charge in [0.25, 0.3) is 0 Å². The van der Waals surface area contributed by atoms with Crippen LogP contribution in [-0.4, -0.2) is 157 Å². The molecule has 14 unspecified atom stereocenters. The summed E-state index contributed by atoms with van der Waals surface area (Å²) in [6, 6.07) is 0. The van der Waals surface area contributed by atoms with Gasteiger partial charge in [-0.1, -0.05) is 0 Å². The van der Waals surface area contributed by atoms with Gasteiger partial charge in [0.2, 0.25) is 0 Å². The van der Waals surface area contributed by atoms with Crippen LogP contribution in [0.15, 0.2) is 0 Å². The Balaban J connectivity index is 1.64. The van der Waals surface area contributed by atoms with Crippen molar-refractivity contribution in [1.82, 2.24) is 0 Å². The SMILES string of the molecule is OCC1OC(OCC2OC(OC3C(O)COC(O)C3O)C(O)C(O)C2O)C(O)C(O)C1O. The molecule has 0 bridgehead atoms. The topological polar surface area (TPSA) is 248 Å². The summed E-state index contributed by atoms with van der Waals surface area (Å²) in [5, 5.41) is 98.8. The standard InChI is InChI=1S/C17H30O15/c18-1-5-7(20)9(22)11(24)16(30-5)29-3-6-8(21)10(23)12(25)17(31-6)32-14-4(19)2-28-15(27)13(14)26/h4-27H,1-3H2. The average molecular weight is 474 g/mol. The molecule has 188 valence electrons. The first-order valence-electron chi connectivity index (χ1n) is 9.99. The highest BCUT2D eigenvalue weighted by Gasteiger charge is 2.49. The average Bonchev–Trinajstić information content (AvgIpc) is 2.78. The molecule has 3 heterocycles. The molecule has 3 fully saturated rings. The van der Waals surface area contributed by atoms with Crippen molar-refractivity contribution < 1.29 is 74.7 Å². The van der Waals surface area contributed by atoms with Crippen LogP contribution >= 0.6 is 0 Å². The van der Waals surface area contributed by atoms with E-state index in [-0.39, 0.29) is 6.61 Å². The number of aliphatic hydroxyl groups is 10. The highest BCUT2D eigenvalue weighted by molar-refractivity contribution is 4.93. The zero-order chi connectivity index (χ0) is 23.7. The Hall–Kier alpha value is -0.600. The van der Waals surface area contributed by atoms with Gasteiger partial charge in [0.05, 0.1) is 19.8 Å². The van der Waals surface area contributed by atoms with Gasteiger partial charge in [0.15, 0.2) is 18.9 Å². The van der Waals surface area contributed by atoms with Crippen LogP contribution in [0.3, 0.4) is 0 Å². The minimum Gasteiger partial charge on any atom is -0.394 e. The largest absolute Gasteiger partial charge is 0.394 e. The zero-order valence-electron chi connectivity index (χ0n) is 16.7. The smallest absolute Gasteiger partial charge is 0.187 e. The molecule has 3 saturated heterocycles. The summed E-state index contributed by atoms with van der Waals surface area (Å²) < 4.78 is 25.9. The molecule has 0 aromatic carbocycles. The highest BCUT2D eigenvalue weighted by Crippen LogP contribution is 2.28. The van der Waals surface area contributed by atoms with Crippen LogP contribution in [0.25, 0.3) is 0 Å². The van der Waals surface area contributed by atoms with Gasteiger partial charge in [-0.15, -0.1) is 0 Å². The fourth-order valence-electron chi connectivity index (χ4n) is 3.67. The molecule has 3 aliphatic heterocycles. The molecule has 0 aromatic rings. The lowest BCUT2D eigenvalue weighted by molar-refractivity contribution is -0.355. The predicted octanol–water partition coefficient (Wildman–Crippen LogP) is -6.93. The van der Waals surface area contributed by atoms with Gasteiger partial charge in [-0.05, 0) is 0 Å². The summed E-state index contributed by atoms with van der Waals surface area (Å²) >= 11 is 0. The van der Waals surface area contributed by atoms with Crippen LogP contribution in [0.5, 0.6) is 0 Å². The molecule has 15 nitrogen and oxygen atoms in total. The summed E-state index contributed by atoms with van der Waals surface area (Å²) in [7, 11) is 0. The lowest BCUT2D eigenvalue weighted by atomic mass is 9.98. The van der Waals surface area contributed by atoms with E-state index in [0.29, 0.717) is 0 Å². The summed E-state index contributed by atoms with van der Waals surface area (Å²) in [5.41, 5.74) is 0. The Morgan fingerprint density at radius 1 is 0.656 bits per heavy atom. The van der Waals surface area contributed by atoms with E-state index in [0.717, 1.165) is 0 Å². The van der Waals surface area contributed by atoms with Crippen LogP contribution in [0.2, 0.25) is 0 Å². The van der Waals surface area contributed by atoms with Crippen molar-refractivity contribution in [3.63, 3.8) is 0 Å². The highest BCUT2D eigenvalue weighted by atomic mass is 16.7. The maximum Gasteiger partial charge on any atom is 0.187 e. The minimum absolute atomic E-state index is 0.388. The molecular weight excluding hydrogens is 444 g/mol. The van der Waals surface area contributed by atoms with Gasteiger partial charge in [-0.25, -0.2) is 0 Å². The van der Waals surface area contributed by atoms with E-state index in [9.17, 15) is 51.1 Å². The van der Waals surface area contributed by atoms with Crippen molar-refractivity contribution in [2.24, 2.45) is 0 Å². The summed E-state index contributed by atoms with van der Waals surface area (Å²) in [4.78, 5) is 0. The third-order valence-electron chi connectivity index (χ3n) is 5.68. The monoisotopic (exact) mass is 474 g/mol. The summed E-state index contributed by atoms with van der Waals surface area (Å²) in [6.45, 7) is -1.65. The third kappa shape index (κ3) is 5.22. The van der Waals surface area contributed by atoms with Crippen molar-refractivity contribution in [2.45, 2.75) is 86.0 Å². The maximum absolute atomic E-state index is 10.2. The second kappa shape index (κ2) is 10.8. The molecule has 0 amide bonds. The maximum atomic E-state index is 10.2. The Bertz CT molecular complexity index is 594. The molecule has 0 radical (unpaired) electrons. The molecule has 3 rings (SSSR count). The number of hydrogen-bond donors (Lipinski definition) is 10. The number of rotatable bonds is 6. The third-order valence-corrected chi connectivity index (χ3v) is 5.68. The predicted molar refractivity (Wildman–Crippen MR) is 95.2 cm³/mol. The number of aliphatic hydroxyl groups excluding tert-OH is 10. The second-order valence-electron chi connectivity index (χ2n) is 7.93. The van der Waals surface area contributed by atoms with Gasteiger partial charge in [-0.3, -0.25) is 0 Å². The minimum atomic E-state index is -1.81. The molecule has 0 aliphatic carbocycles. The van der Waals surface area contributed by atoms with Crippen LogP contribution in [0.4, 0.5) is 0 Å². The van der Waals surface area contributed by atoms with E-state index in [4.69, 9.17) is 23.7 Å². The van der Waals surface area contributed by atoms with Gasteiger partial charge < -0.3 is 74.7 Å². The lowest BCUT2D eigenvalue weighted by Crippen LogP contribution is -2.63. The van der Waals surface area contributed by atoms with E-state index in [1.165, 1.54) is 0 Å². The molecular formula is C17H30O15. The van der Waals surface area contributed by atoms with Crippen LogP contribution in [0.1, 0.15) is 0 Å². The molecule has 0 saturated carbocycles. The summed E-state index contributed by atoms with van der Waals surface area (Å²) in [5.74, 6) is 0. The first kappa shape index (κ1) is 26.0. The van der Waals surface area contributed by atoms with Gasteiger partial charge in [0, 0.05) is 0 Å². The molecule has 3 aliphatic rings. The number of ether oxygens (including phenoxy) is 5. The number of hydrogen-bond acceptors (Lipinski definition) is 15. The Morgan fingerprint density at radius 3 is 1.84 bits per heavy atom. The Labute approximate surface area is 181 Å². The van der Waals surface area contributed by atoms with E-state index in [1.54, 1.807) is 0 Å². The van der Waals surface area contributed by atoms with Crippen molar-refractivity contribution in [3.05, 3.63) is 0 Å². The van der Waals surface area contributed by atoms with Gasteiger partial charge in [0.1, 0.15) is 67.1 Å². The Kier molecular flexibility index (Phi) is 8.75. The molecule has 0 aromatic heterocycles. The molecule has 14 atom stereocenters. The fraction of sp³-hybridized carbons (Fsp3) is 1.00. The van der Waals surface area contributed by atoms with Crippen LogP contribution in [0, 0.1) is 0 Å². The van der Waals surface area contributed by atoms with Gasteiger partial charge in [-0.2, -0.15) is 0 Å². The van der Waals surface area contributed by atoms with E-state index in [2.05, 4.69) is 0 Å². The van der Waals surface area contributed by atoms with Gasteiger partial charge >= 0.3 is 0 Å². The summed E-state index contributed by atoms with van der Waals surface area (Å²) in [6.07, 6.45) is -22.4. The first-order valence-corrected chi connectivity index (χ1v) is 9.99. The van der Waals surface area contributed by atoms with Crippen molar-refractivity contribution in [1.29, 1.82) is 0 Å². The van der Waals surface area contributed by atoms with E-state index in [1.807, 2.05) is 0 Å². The van der Waals surface area contributed by atoms with Crippen LogP contribution < -0.4 is 0 Å². The molecule has 15 heteroatoms. The zero-order valence-corrected chi connectivity index (χ0v) is 16.7. The Morgan fingerprint density at radius 2 is 1.22 bits per heavy atom. The van der Waals surface area contributed by atoms with E-state index < -0.39 is 99.2 Å².